The molecule has 1 heterocycles. The predicted molar refractivity (Wildman–Crippen MR) is 62.5 cm³/mol. The number of hydrogen-bond donors (Lipinski definition) is 2. The van der Waals surface area contributed by atoms with Gasteiger partial charge in [0.2, 0.25) is 5.95 Å². The summed E-state index contributed by atoms with van der Waals surface area (Å²) in [7, 11) is 0. The SMILES string of the molecule is CC[C@H](C)[C@H](NC(=O)c1ccnc(F)c1F)C(=O)O. The van der Waals surface area contributed by atoms with Gasteiger partial charge < -0.3 is 10.4 Å². The Morgan fingerprint density at radius 3 is 2.63 bits per heavy atom. The van der Waals surface area contributed by atoms with E-state index >= 15 is 0 Å². The smallest absolute Gasteiger partial charge is 0.326 e. The van der Waals surface area contributed by atoms with E-state index in [0.717, 1.165) is 12.3 Å². The first-order chi connectivity index (χ1) is 8.88. The maximum absolute atomic E-state index is 13.3. The van der Waals surface area contributed by atoms with E-state index in [-0.39, 0.29) is 5.92 Å². The molecule has 0 saturated heterocycles. The average Bonchev–Trinajstić information content (AvgIpc) is 2.37. The van der Waals surface area contributed by atoms with E-state index in [9.17, 15) is 18.4 Å². The number of amides is 1. The number of pyridine rings is 1. The molecule has 104 valence electrons. The van der Waals surface area contributed by atoms with Crippen LogP contribution in [0.25, 0.3) is 0 Å². The van der Waals surface area contributed by atoms with Gasteiger partial charge >= 0.3 is 5.97 Å². The average molecular weight is 272 g/mol. The minimum absolute atomic E-state index is 0.337. The number of carboxylic acid groups (broad SMARTS) is 1. The van der Waals surface area contributed by atoms with E-state index < -0.39 is 35.2 Å². The van der Waals surface area contributed by atoms with Crippen LogP contribution >= 0.6 is 0 Å². The van der Waals surface area contributed by atoms with Gasteiger partial charge in [0.25, 0.3) is 5.91 Å². The van der Waals surface area contributed by atoms with Gasteiger partial charge in [-0.3, -0.25) is 4.79 Å². The second-order valence-electron chi connectivity index (χ2n) is 4.14. The summed E-state index contributed by atoms with van der Waals surface area (Å²) in [5.41, 5.74) is -0.568. The Bertz CT molecular complexity index is 494. The van der Waals surface area contributed by atoms with Gasteiger partial charge in [0, 0.05) is 6.20 Å². The van der Waals surface area contributed by atoms with Crippen LogP contribution in [-0.2, 0) is 4.79 Å². The zero-order valence-electron chi connectivity index (χ0n) is 10.5. The van der Waals surface area contributed by atoms with Crippen molar-refractivity contribution in [3.8, 4) is 0 Å². The molecule has 0 unspecified atom stereocenters. The highest BCUT2D eigenvalue weighted by Crippen LogP contribution is 2.12. The molecule has 0 aliphatic carbocycles. The number of carbonyl (C=O) groups excluding carboxylic acids is 1. The lowest BCUT2D eigenvalue weighted by Crippen LogP contribution is -2.45. The van der Waals surface area contributed by atoms with E-state index in [4.69, 9.17) is 5.11 Å². The summed E-state index contributed by atoms with van der Waals surface area (Å²) >= 11 is 0. The molecule has 0 spiro atoms. The van der Waals surface area contributed by atoms with Gasteiger partial charge in [-0.25, -0.2) is 14.2 Å². The third-order valence-electron chi connectivity index (χ3n) is 2.86. The van der Waals surface area contributed by atoms with Crippen LogP contribution in [0, 0.1) is 17.7 Å². The number of hydrogen-bond acceptors (Lipinski definition) is 3. The van der Waals surface area contributed by atoms with Gasteiger partial charge in [-0.2, -0.15) is 4.39 Å². The van der Waals surface area contributed by atoms with Crippen molar-refractivity contribution in [3.63, 3.8) is 0 Å². The Morgan fingerprint density at radius 2 is 2.11 bits per heavy atom. The zero-order valence-corrected chi connectivity index (χ0v) is 10.5. The van der Waals surface area contributed by atoms with Gasteiger partial charge in [0.1, 0.15) is 6.04 Å². The summed E-state index contributed by atoms with van der Waals surface area (Å²) in [5, 5.41) is 11.2. The van der Waals surface area contributed by atoms with Gasteiger partial charge in [-0.05, 0) is 12.0 Å². The van der Waals surface area contributed by atoms with E-state index in [0.29, 0.717) is 6.42 Å². The molecule has 0 bridgehead atoms. The zero-order chi connectivity index (χ0) is 14.6. The third kappa shape index (κ3) is 3.46. The number of aliphatic carboxylic acids is 1. The number of carbonyl (C=O) groups is 2. The van der Waals surface area contributed by atoms with Crippen molar-refractivity contribution in [2.45, 2.75) is 26.3 Å². The molecule has 1 aromatic rings. The molecule has 1 aromatic heterocycles. The quantitative estimate of drug-likeness (QED) is 0.798. The van der Waals surface area contributed by atoms with E-state index in [1.807, 2.05) is 0 Å². The van der Waals surface area contributed by atoms with Crippen molar-refractivity contribution >= 4 is 11.9 Å². The molecule has 0 aliphatic rings. The molecule has 7 heteroatoms. The third-order valence-corrected chi connectivity index (χ3v) is 2.86. The molecular weight excluding hydrogens is 258 g/mol. The summed E-state index contributed by atoms with van der Waals surface area (Å²) in [6, 6.07) is -0.170. The van der Waals surface area contributed by atoms with Crippen LogP contribution in [0.4, 0.5) is 8.78 Å². The maximum atomic E-state index is 13.3. The van der Waals surface area contributed by atoms with Crippen LogP contribution in [0.2, 0.25) is 0 Å². The summed E-state index contributed by atoms with van der Waals surface area (Å²) in [6.45, 7) is 3.40. The first kappa shape index (κ1) is 15.0. The topological polar surface area (TPSA) is 79.3 Å². The molecule has 5 nitrogen and oxygen atoms in total. The number of rotatable bonds is 5. The molecule has 0 fully saturated rings. The number of halogens is 2. The lowest BCUT2D eigenvalue weighted by atomic mass is 9.99. The van der Waals surface area contributed by atoms with Gasteiger partial charge in [0.15, 0.2) is 5.82 Å². The van der Waals surface area contributed by atoms with Crippen LogP contribution in [0.5, 0.6) is 0 Å². The van der Waals surface area contributed by atoms with Crippen LogP contribution in [0.15, 0.2) is 12.3 Å². The van der Waals surface area contributed by atoms with Crippen molar-refractivity contribution in [2.24, 2.45) is 5.92 Å². The van der Waals surface area contributed by atoms with Crippen molar-refractivity contribution < 1.29 is 23.5 Å². The summed E-state index contributed by atoms with van der Waals surface area (Å²) < 4.78 is 26.2. The Labute approximate surface area is 108 Å². The Balaban J connectivity index is 2.94. The van der Waals surface area contributed by atoms with Crippen molar-refractivity contribution in [2.75, 3.05) is 0 Å². The second kappa shape index (κ2) is 6.21. The molecule has 0 radical (unpaired) electrons. The van der Waals surface area contributed by atoms with Crippen molar-refractivity contribution in [1.82, 2.24) is 10.3 Å². The molecule has 1 rings (SSSR count). The molecule has 0 aliphatic heterocycles. The Hall–Kier alpha value is -2.05. The first-order valence-electron chi connectivity index (χ1n) is 5.72. The minimum atomic E-state index is -1.40. The normalized spacial score (nSPS) is 13.7. The van der Waals surface area contributed by atoms with Crippen molar-refractivity contribution in [1.29, 1.82) is 0 Å². The highest BCUT2D eigenvalue weighted by molar-refractivity contribution is 5.96. The largest absolute Gasteiger partial charge is 0.480 e. The molecule has 0 saturated carbocycles. The first-order valence-corrected chi connectivity index (χ1v) is 5.72. The standard InChI is InChI=1S/C12H14F2N2O3/c1-3-6(2)9(12(18)19)16-11(17)7-4-5-15-10(14)8(7)13/h4-6,9H,3H2,1-2H3,(H,16,17)(H,18,19)/t6-,9-/m0/s1. The van der Waals surface area contributed by atoms with Crippen LogP contribution in [-0.4, -0.2) is 28.0 Å². The van der Waals surface area contributed by atoms with Gasteiger partial charge in [-0.1, -0.05) is 20.3 Å². The maximum Gasteiger partial charge on any atom is 0.326 e. The van der Waals surface area contributed by atoms with E-state index in [1.165, 1.54) is 0 Å². The molecule has 2 atom stereocenters. The fourth-order valence-electron chi connectivity index (χ4n) is 1.50. The van der Waals surface area contributed by atoms with Crippen LogP contribution in [0.1, 0.15) is 30.6 Å². The molecule has 19 heavy (non-hydrogen) atoms. The van der Waals surface area contributed by atoms with Crippen LogP contribution < -0.4 is 5.32 Å². The van der Waals surface area contributed by atoms with E-state index in [1.54, 1.807) is 13.8 Å². The van der Waals surface area contributed by atoms with Gasteiger partial charge in [-0.15, -0.1) is 0 Å². The highest BCUT2D eigenvalue weighted by Gasteiger charge is 2.27. The molecular formula is C12H14F2N2O3. The van der Waals surface area contributed by atoms with Gasteiger partial charge in [0.05, 0.1) is 5.56 Å². The highest BCUT2D eigenvalue weighted by atomic mass is 19.2. The molecule has 2 N–H and O–H groups in total. The lowest BCUT2D eigenvalue weighted by molar-refractivity contribution is -0.140. The second-order valence-corrected chi connectivity index (χ2v) is 4.14. The van der Waals surface area contributed by atoms with E-state index in [2.05, 4.69) is 10.3 Å². The summed E-state index contributed by atoms with van der Waals surface area (Å²) in [4.78, 5) is 25.8. The number of nitrogens with zero attached hydrogens (tertiary/aromatic N) is 1. The number of aromatic nitrogens is 1. The van der Waals surface area contributed by atoms with Crippen LogP contribution in [0.3, 0.4) is 0 Å². The Kier molecular flexibility index (Phi) is 4.91. The number of carboxylic acids is 1. The lowest BCUT2D eigenvalue weighted by Gasteiger charge is -2.20. The minimum Gasteiger partial charge on any atom is -0.480 e. The number of nitrogens with one attached hydrogen (secondary N) is 1. The molecule has 0 aromatic carbocycles. The fourth-order valence-corrected chi connectivity index (χ4v) is 1.50. The summed E-state index contributed by atoms with van der Waals surface area (Å²) in [5.74, 6) is -5.34. The monoisotopic (exact) mass is 272 g/mol. The fraction of sp³-hybridized carbons (Fsp3) is 0.417. The Morgan fingerprint density at radius 1 is 1.47 bits per heavy atom. The van der Waals surface area contributed by atoms with Crippen molar-refractivity contribution in [3.05, 3.63) is 29.6 Å². The predicted octanol–water partition coefficient (Wildman–Crippen LogP) is 1.59. The molecule has 1 amide bonds. The summed E-state index contributed by atoms with van der Waals surface area (Å²) in [6.07, 6.45) is 1.46.